The van der Waals surface area contributed by atoms with Gasteiger partial charge in [0.15, 0.2) is 0 Å². The highest BCUT2D eigenvalue weighted by Crippen LogP contribution is 2.21. The third-order valence-corrected chi connectivity index (χ3v) is 4.80. The second kappa shape index (κ2) is 7.65. The summed E-state index contributed by atoms with van der Waals surface area (Å²) in [5.41, 5.74) is 2.24. The lowest BCUT2D eigenvalue weighted by Crippen LogP contribution is -2.40. The van der Waals surface area contributed by atoms with Crippen LogP contribution in [0.25, 0.3) is 0 Å². The molecule has 2 aliphatic heterocycles. The lowest BCUT2D eigenvalue weighted by molar-refractivity contribution is 0.0314. The van der Waals surface area contributed by atoms with Gasteiger partial charge in [0.1, 0.15) is 0 Å². The minimum absolute atomic E-state index is 0.0716. The van der Waals surface area contributed by atoms with Crippen molar-refractivity contribution >= 4 is 11.7 Å². The van der Waals surface area contributed by atoms with Crippen LogP contribution in [0.3, 0.4) is 0 Å². The molecule has 0 radical (unpaired) electrons. The summed E-state index contributed by atoms with van der Waals surface area (Å²) in [6.07, 6.45) is 1.04. The van der Waals surface area contributed by atoms with Gasteiger partial charge in [0.2, 0.25) is 0 Å². The van der Waals surface area contributed by atoms with Crippen molar-refractivity contribution in [1.29, 1.82) is 5.26 Å². The van der Waals surface area contributed by atoms with Crippen molar-refractivity contribution < 1.29 is 9.53 Å². The number of rotatable bonds is 3. The lowest BCUT2D eigenvalue weighted by atomic mass is 10.1. The van der Waals surface area contributed by atoms with Gasteiger partial charge in [-0.15, -0.1) is 0 Å². The maximum atomic E-state index is 12.5. The van der Waals surface area contributed by atoms with Gasteiger partial charge >= 0.3 is 6.03 Å². The molecule has 0 bridgehead atoms. The standard InChI is InChI=1S/C18H24N4O2/c1-14-2-3-15(11-19)10-17(14)20-18(23)22-5-4-16(13-22)12-21-6-8-24-9-7-21/h2-3,10,16H,4-9,12-13H2,1H3,(H,20,23). The maximum Gasteiger partial charge on any atom is 0.321 e. The first kappa shape index (κ1) is 16.7. The van der Waals surface area contributed by atoms with Gasteiger partial charge in [-0.1, -0.05) is 6.07 Å². The molecule has 6 heteroatoms. The molecular formula is C18H24N4O2. The van der Waals surface area contributed by atoms with Crippen molar-refractivity contribution in [3.8, 4) is 6.07 Å². The first-order chi connectivity index (χ1) is 11.7. The SMILES string of the molecule is Cc1ccc(C#N)cc1NC(=O)N1CCC(CN2CCOCC2)C1. The summed E-state index contributed by atoms with van der Waals surface area (Å²) in [6.45, 7) is 8.15. The molecule has 2 aliphatic rings. The number of amides is 2. The molecule has 0 spiro atoms. The average molecular weight is 328 g/mol. The molecule has 3 rings (SSSR count). The normalized spacial score (nSPS) is 21.5. The molecule has 1 aromatic carbocycles. The molecule has 1 atom stereocenters. The number of aryl methyl sites for hydroxylation is 1. The minimum Gasteiger partial charge on any atom is -0.379 e. The molecule has 1 aromatic rings. The average Bonchev–Trinajstić information content (AvgIpc) is 3.06. The number of carbonyl (C=O) groups excluding carboxylic acids is 1. The quantitative estimate of drug-likeness (QED) is 0.922. The number of hydrogen-bond donors (Lipinski definition) is 1. The van der Waals surface area contributed by atoms with Gasteiger partial charge in [0.05, 0.1) is 24.8 Å². The van der Waals surface area contributed by atoms with Crippen molar-refractivity contribution in [2.75, 3.05) is 51.3 Å². The smallest absolute Gasteiger partial charge is 0.321 e. The van der Waals surface area contributed by atoms with Crippen molar-refractivity contribution in [3.05, 3.63) is 29.3 Å². The van der Waals surface area contributed by atoms with Crippen molar-refractivity contribution in [3.63, 3.8) is 0 Å². The number of nitriles is 1. The molecule has 128 valence electrons. The second-order valence-electron chi connectivity index (χ2n) is 6.59. The second-order valence-corrected chi connectivity index (χ2v) is 6.59. The predicted molar refractivity (Wildman–Crippen MR) is 91.9 cm³/mol. The molecular weight excluding hydrogens is 304 g/mol. The van der Waals surface area contributed by atoms with Gasteiger partial charge in [-0.25, -0.2) is 4.79 Å². The summed E-state index contributed by atoms with van der Waals surface area (Å²) in [5.74, 6) is 0.528. The van der Waals surface area contributed by atoms with Gasteiger partial charge in [0, 0.05) is 38.4 Å². The molecule has 0 saturated carbocycles. The Bertz CT molecular complexity index is 634. The van der Waals surface area contributed by atoms with Gasteiger partial charge in [-0.2, -0.15) is 5.26 Å². The number of nitrogens with one attached hydrogen (secondary N) is 1. The topological polar surface area (TPSA) is 68.6 Å². The number of carbonyl (C=O) groups is 1. The highest BCUT2D eigenvalue weighted by atomic mass is 16.5. The van der Waals surface area contributed by atoms with Crippen LogP contribution in [-0.2, 0) is 4.74 Å². The maximum absolute atomic E-state index is 12.5. The van der Waals surface area contributed by atoms with E-state index in [2.05, 4.69) is 16.3 Å². The van der Waals surface area contributed by atoms with E-state index in [9.17, 15) is 4.79 Å². The fourth-order valence-corrected chi connectivity index (χ4v) is 3.34. The van der Waals surface area contributed by atoms with E-state index in [4.69, 9.17) is 10.00 Å². The summed E-state index contributed by atoms with van der Waals surface area (Å²) < 4.78 is 5.38. The minimum atomic E-state index is -0.0716. The molecule has 0 aromatic heterocycles. The first-order valence-corrected chi connectivity index (χ1v) is 8.52. The third-order valence-electron chi connectivity index (χ3n) is 4.80. The highest BCUT2D eigenvalue weighted by Gasteiger charge is 2.28. The van der Waals surface area contributed by atoms with Crippen LogP contribution in [0.15, 0.2) is 18.2 Å². The van der Waals surface area contributed by atoms with Gasteiger partial charge < -0.3 is 15.0 Å². The highest BCUT2D eigenvalue weighted by molar-refractivity contribution is 5.90. The van der Waals surface area contributed by atoms with E-state index in [1.165, 1.54) is 0 Å². The zero-order valence-electron chi connectivity index (χ0n) is 14.1. The summed E-state index contributed by atoms with van der Waals surface area (Å²) in [4.78, 5) is 16.8. The Balaban J connectivity index is 1.54. The van der Waals surface area contributed by atoms with E-state index < -0.39 is 0 Å². The van der Waals surface area contributed by atoms with Crippen LogP contribution in [0.5, 0.6) is 0 Å². The molecule has 2 heterocycles. The monoisotopic (exact) mass is 328 g/mol. The Morgan fingerprint density at radius 3 is 2.92 bits per heavy atom. The number of likely N-dealkylation sites (tertiary alicyclic amines) is 1. The van der Waals surface area contributed by atoms with Crippen LogP contribution < -0.4 is 5.32 Å². The summed E-state index contributed by atoms with van der Waals surface area (Å²) in [7, 11) is 0. The molecule has 2 amide bonds. The molecule has 6 nitrogen and oxygen atoms in total. The molecule has 1 N–H and O–H groups in total. The van der Waals surface area contributed by atoms with E-state index in [0.29, 0.717) is 11.5 Å². The number of benzene rings is 1. The van der Waals surface area contributed by atoms with Crippen LogP contribution in [0.2, 0.25) is 0 Å². The molecule has 2 saturated heterocycles. The van der Waals surface area contributed by atoms with Gasteiger partial charge in [-0.3, -0.25) is 4.90 Å². The first-order valence-electron chi connectivity index (χ1n) is 8.52. The number of morpholine rings is 1. The third kappa shape index (κ3) is 4.05. The molecule has 24 heavy (non-hydrogen) atoms. The van der Waals surface area contributed by atoms with Crippen LogP contribution in [-0.4, -0.2) is 61.8 Å². The number of nitrogens with zero attached hydrogens (tertiary/aromatic N) is 3. The Kier molecular flexibility index (Phi) is 5.34. The Labute approximate surface area is 143 Å². The Morgan fingerprint density at radius 1 is 1.38 bits per heavy atom. The number of hydrogen-bond acceptors (Lipinski definition) is 4. The van der Waals surface area contributed by atoms with Crippen molar-refractivity contribution in [2.24, 2.45) is 5.92 Å². The molecule has 0 aliphatic carbocycles. The molecule has 2 fully saturated rings. The number of ether oxygens (including phenoxy) is 1. The van der Waals surface area contributed by atoms with Crippen LogP contribution in [0, 0.1) is 24.2 Å². The largest absolute Gasteiger partial charge is 0.379 e. The Hall–Kier alpha value is -2.10. The summed E-state index contributed by atoms with van der Waals surface area (Å²) in [6, 6.07) is 7.39. The summed E-state index contributed by atoms with van der Waals surface area (Å²) >= 11 is 0. The Morgan fingerprint density at radius 2 is 2.17 bits per heavy atom. The van der Waals surface area contributed by atoms with E-state index in [0.717, 1.165) is 63.6 Å². The zero-order chi connectivity index (χ0) is 16.9. The van der Waals surface area contributed by atoms with E-state index in [-0.39, 0.29) is 6.03 Å². The number of urea groups is 1. The fourth-order valence-electron chi connectivity index (χ4n) is 3.34. The predicted octanol–water partition coefficient (Wildman–Crippen LogP) is 2.05. The lowest BCUT2D eigenvalue weighted by Gasteiger charge is -2.29. The van der Waals surface area contributed by atoms with Crippen molar-refractivity contribution in [1.82, 2.24) is 9.80 Å². The van der Waals surface area contributed by atoms with Gasteiger partial charge in [0.25, 0.3) is 0 Å². The zero-order valence-corrected chi connectivity index (χ0v) is 14.1. The van der Waals surface area contributed by atoms with Crippen LogP contribution >= 0.6 is 0 Å². The van der Waals surface area contributed by atoms with E-state index >= 15 is 0 Å². The van der Waals surface area contributed by atoms with Crippen LogP contribution in [0.4, 0.5) is 10.5 Å². The van der Waals surface area contributed by atoms with Gasteiger partial charge in [-0.05, 0) is 37.0 Å². The van der Waals surface area contributed by atoms with Crippen molar-refractivity contribution in [2.45, 2.75) is 13.3 Å². The van der Waals surface area contributed by atoms with E-state index in [1.54, 1.807) is 12.1 Å². The summed E-state index contributed by atoms with van der Waals surface area (Å²) in [5, 5.41) is 12.0. The molecule has 1 unspecified atom stereocenters. The number of anilines is 1. The van der Waals surface area contributed by atoms with E-state index in [1.807, 2.05) is 17.9 Å². The fraction of sp³-hybridized carbons (Fsp3) is 0.556. The van der Waals surface area contributed by atoms with Crippen LogP contribution in [0.1, 0.15) is 17.5 Å².